The summed E-state index contributed by atoms with van der Waals surface area (Å²) < 4.78 is 0.782. The normalized spacial score (nSPS) is 11.4. The van der Waals surface area contributed by atoms with Gasteiger partial charge in [0.25, 0.3) is 0 Å². The highest BCUT2D eigenvalue weighted by Gasteiger charge is 2.15. The Labute approximate surface area is 168 Å². The molecule has 4 nitrogen and oxygen atoms in total. The molecular weight excluding hydrogens is 374 g/mol. The fourth-order valence-corrected chi connectivity index (χ4v) is 4.11. The first-order chi connectivity index (χ1) is 12.8. The molecule has 27 heavy (non-hydrogen) atoms. The first kappa shape index (κ1) is 19.6. The Balaban J connectivity index is 1.56. The van der Waals surface area contributed by atoms with Gasteiger partial charge in [0, 0.05) is 11.3 Å². The fraction of sp³-hybridized carbons (Fsp3) is 0.286. The van der Waals surface area contributed by atoms with E-state index in [2.05, 4.69) is 43.2 Å². The van der Waals surface area contributed by atoms with Gasteiger partial charge in [0.05, 0.1) is 5.75 Å². The third-order valence-corrected chi connectivity index (χ3v) is 6.08. The van der Waals surface area contributed by atoms with Crippen LogP contribution in [0.4, 0.5) is 10.8 Å². The first-order valence-electron chi connectivity index (χ1n) is 8.75. The van der Waals surface area contributed by atoms with Crippen molar-refractivity contribution in [3.8, 4) is 0 Å². The molecule has 0 bridgehead atoms. The quantitative estimate of drug-likeness (QED) is 0.417. The number of aromatic nitrogens is 2. The Bertz CT molecular complexity index is 910. The highest BCUT2D eigenvalue weighted by atomic mass is 32.2. The SMILES string of the molecule is Cc1ccc(Nc2nnc(SCC(=O)c3ccc(C(C)(C)C)cc3)s2)cc1. The van der Waals surface area contributed by atoms with E-state index >= 15 is 0 Å². The standard InChI is InChI=1S/C21H23N3OS2/c1-14-5-11-17(12-6-14)22-19-23-24-20(27-19)26-13-18(25)15-7-9-16(10-8-15)21(2,3)4/h5-12H,13H2,1-4H3,(H,22,23). The molecule has 3 aromatic rings. The number of carbonyl (C=O) groups excluding carboxylic acids is 1. The van der Waals surface area contributed by atoms with Gasteiger partial charge in [0.1, 0.15) is 0 Å². The van der Waals surface area contributed by atoms with E-state index in [1.165, 1.54) is 34.2 Å². The lowest BCUT2D eigenvalue weighted by Crippen LogP contribution is -2.11. The third kappa shape index (κ3) is 5.40. The summed E-state index contributed by atoms with van der Waals surface area (Å²) in [6.07, 6.45) is 0. The number of benzene rings is 2. The van der Waals surface area contributed by atoms with Gasteiger partial charge in [0.15, 0.2) is 10.1 Å². The number of hydrogen-bond acceptors (Lipinski definition) is 6. The molecule has 3 rings (SSSR count). The van der Waals surface area contributed by atoms with Gasteiger partial charge in [0.2, 0.25) is 5.13 Å². The second-order valence-electron chi connectivity index (χ2n) is 7.40. The molecule has 1 aromatic heterocycles. The van der Waals surface area contributed by atoms with Crippen LogP contribution in [0, 0.1) is 6.92 Å². The van der Waals surface area contributed by atoms with Crippen LogP contribution in [-0.2, 0) is 5.41 Å². The molecule has 0 amide bonds. The first-order valence-corrected chi connectivity index (χ1v) is 10.6. The summed E-state index contributed by atoms with van der Waals surface area (Å²) in [6.45, 7) is 8.54. The number of nitrogens with zero attached hydrogens (tertiary/aromatic N) is 2. The number of nitrogens with one attached hydrogen (secondary N) is 1. The minimum atomic E-state index is 0.0870. The monoisotopic (exact) mass is 397 g/mol. The van der Waals surface area contributed by atoms with Gasteiger partial charge in [-0.1, -0.05) is 85.8 Å². The summed E-state index contributed by atoms with van der Waals surface area (Å²) >= 11 is 2.87. The van der Waals surface area contributed by atoms with Crippen LogP contribution in [0.15, 0.2) is 52.9 Å². The topological polar surface area (TPSA) is 54.9 Å². The van der Waals surface area contributed by atoms with Crippen molar-refractivity contribution in [2.75, 3.05) is 11.1 Å². The number of Topliss-reactive ketones (excluding diaryl/α,β-unsaturated/α-hetero) is 1. The smallest absolute Gasteiger partial charge is 0.210 e. The van der Waals surface area contributed by atoms with Crippen LogP contribution in [0.5, 0.6) is 0 Å². The molecule has 6 heteroatoms. The van der Waals surface area contributed by atoms with Crippen LogP contribution >= 0.6 is 23.1 Å². The van der Waals surface area contributed by atoms with Crippen molar-refractivity contribution >= 4 is 39.7 Å². The lowest BCUT2D eigenvalue weighted by Gasteiger charge is -2.18. The Hall–Kier alpha value is -2.18. The van der Waals surface area contributed by atoms with Gasteiger partial charge in [-0.2, -0.15) is 0 Å². The van der Waals surface area contributed by atoms with Crippen LogP contribution in [-0.4, -0.2) is 21.7 Å². The Morgan fingerprint density at radius 3 is 2.33 bits per heavy atom. The average molecular weight is 398 g/mol. The Morgan fingerprint density at radius 1 is 1.04 bits per heavy atom. The van der Waals surface area contributed by atoms with Crippen LogP contribution < -0.4 is 5.32 Å². The van der Waals surface area contributed by atoms with Crippen molar-refractivity contribution in [2.45, 2.75) is 37.4 Å². The summed E-state index contributed by atoms with van der Waals surface area (Å²) in [7, 11) is 0. The maximum atomic E-state index is 12.4. The molecule has 140 valence electrons. The van der Waals surface area contributed by atoms with Gasteiger partial charge in [-0.25, -0.2) is 0 Å². The van der Waals surface area contributed by atoms with Crippen molar-refractivity contribution in [1.29, 1.82) is 0 Å². The van der Waals surface area contributed by atoms with Crippen LogP contribution in [0.3, 0.4) is 0 Å². The number of ketones is 1. The molecule has 2 aromatic carbocycles. The van der Waals surface area contributed by atoms with Crippen molar-refractivity contribution in [1.82, 2.24) is 10.2 Å². The zero-order valence-electron chi connectivity index (χ0n) is 15.9. The lowest BCUT2D eigenvalue weighted by molar-refractivity contribution is 0.102. The summed E-state index contributed by atoms with van der Waals surface area (Å²) in [4.78, 5) is 12.4. The van der Waals surface area contributed by atoms with Crippen molar-refractivity contribution < 1.29 is 4.79 Å². The predicted molar refractivity (Wildman–Crippen MR) is 115 cm³/mol. The minimum Gasteiger partial charge on any atom is -0.330 e. The molecular formula is C21H23N3OS2. The van der Waals surface area contributed by atoms with Gasteiger partial charge in [-0.3, -0.25) is 4.79 Å². The van der Waals surface area contributed by atoms with E-state index in [1.54, 1.807) is 0 Å². The van der Waals surface area contributed by atoms with E-state index in [0.29, 0.717) is 5.75 Å². The predicted octanol–water partition coefficient (Wildman–Crippen LogP) is 5.86. The number of anilines is 2. The zero-order chi connectivity index (χ0) is 19.4. The van der Waals surface area contributed by atoms with E-state index in [-0.39, 0.29) is 11.2 Å². The number of hydrogen-bond donors (Lipinski definition) is 1. The highest BCUT2D eigenvalue weighted by Crippen LogP contribution is 2.28. The maximum absolute atomic E-state index is 12.4. The molecule has 0 saturated carbocycles. The summed E-state index contributed by atoms with van der Waals surface area (Å²) in [5, 5.41) is 12.3. The van der Waals surface area contributed by atoms with Crippen LogP contribution in [0.1, 0.15) is 42.3 Å². The van der Waals surface area contributed by atoms with E-state index in [4.69, 9.17) is 0 Å². The Morgan fingerprint density at radius 2 is 1.70 bits per heavy atom. The number of thioether (sulfide) groups is 1. The molecule has 0 fully saturated rings. The van der Waals surface area contributed by atoms with Crippen LogP contribution in [0.25, 0.3) is 0 Å². The Kier molecular flexibility index (Phi) is 5.97. The second kappa shape index (κ2) is 8.23. The molecule has 0 spiro atoms. The number of carbonyl (C=O) groups is 1. The highest BCUT2D eigenvalue weighted by molar-refractivity contribution is 8.01. The molecule has 0 aliphatic rings. The van der Waals surface area contributed by atoms with E-state index in [0.717, 1.165) is 20.7 Å². The summed E-state index contributed by atoms with van der Waals surface area (Å²) in [6, 6.07) is 16.0. The van der Waals surface area contributed by atoms with Crippen molar-refractivity contribution in [3.63, 3.8) is 0 Å². The van der Waals surface area contributed by atoms with E-state index in [1.807, 2.05) is 48.5 Å². The molecule has 0 radical (unpaired) electrons. The van der Waals surface area contributed by atoms with Crippen molar-refractivity contribution in [2.24, 2.45) is 0 Å². The van der Waals surface area contributed by atoms with Crippen LogP contribution in [0.2, 0.25) is 0 Å². The van der Waals surface area contributed by atoms with Crippen molar-refractivity contribution in [3.05, 3.63) is 65.2 Å². The summed E-state index contributed by atoms with van der Waals surface area (Å²) in [5.74, 6) is 0.456. The zero-order valence-corrected chi connectivity index (χ0v) is 17.6. The molecule has 1 N–H and O–H groups in total. The molecule has 0 saturated heterocycles. The van der Waals surface area contributed by atoms with Gasteiger partial charge < -0.3 is 5.32 Å². The lowest BCUT2D eigenvalue weighted by atomic mass is 9.86. The molecule has 0 atom stereocenters. The fourth-order valence-electron chi connectivity index (χ4n) is 2.45. The van der Waals surface area contributed by atoms with Gasteiger partial charge in [-0.15, -0.1) is 10.2 Å². The third-order valence-electron chi connectivity index (χ3n) is 4.11. The molecule has 0 unspecified atom stereocenters. The number of rotatable bonds is 6. The number of aryl methyl sites for hydroxylation is 1. The molecule has 0 aliphatic carbocycles. The van der Waals surface area contributed by atoms with E-state index < -0.39 is 0 Å². The minimum absolute atomic E-state index is 0.0870. The maximum Gasteiger partial charge on any atom is 0.210 e. The largest absolute Gasteiger partial charge is 0.330 e. The van der Waals surface area contributed by atoms with E-state index in [9.17, 15) is 4.79 Å². The van der Waals surface area contributed by atoms with Gasteiger partial charge in [-0.05, 0) is 30.0 Å². The summed E-state index contributed by atoms with van der Waals surface area (Å²) in [5.41, 5.74) is 4.23. The second-order valence-corrected chi connectivity index (χ2v) is 9.60. The average Bonchev–Trinajstić information content (AvgIpc) is 3.08. The molecule has 0 aliphatic heterocycles. The van der Waals surface area contributed by atoms with Gasteiger partial charge >= 0.3 is 0 Å². The molecule has 1 heterocycles.